The molecule has 20 heavy (non-hydrogen) atoms. The molecule has 1 heterocycles. The summed E-state index contributed by atoms with van der Waals surface area (Å²) in [5, 5.41) is 15.0. The van der Waals surface area contributed by atoms with Crippen LogP contribution in [0, 0.1) is 6.92 Å². The Morgan fingerprint density at radius 2 is 2.25 bits per heavy atom. The number of guanidine groups is 1. The Morgan fingerprint density at radius 1 is 1.45 bits per heavy atom. The Kier molecular flexibility index (Phi) is 5.70. The number of nitrogens with one attached hydrogen (secondary N) is 2. The quantitative estimate of drug-likeness (QED) is 0.448. The molecule has 6 nitrogen and oxygen atoms in total. The maximum Gasteiger partial charge on any atom is 0.191 e. The zero-order chi connectivity index (χ0) is 14.4. The van der Waals surface area contributed by atoms with E-state index in [0.717, 1.165) is 30.6 Å². The normalized spacial score (nSPS) is 15.4. The number of thioether (sulfide) groups is 1. The van der Waals surface area contributed by atoms with E-state index < -0.39 is 0 Å². The minimum atomic E-state index is 0.557. The zero-order valence-electron chi connectivity index (χ0n) is 12.5. The Labute approximate surface area is 124 Å². The van der Waals surface area contributed by atoms with Gasteiger partial charge >= 0.3 is 0 Å². The van der Waals surface area contributed by atoms with E-state index in [1.165, 1.54) is 18.6 Å². The lowest BCUT2D eigenvalue weighted by atomic mass is 10.5. The van der Waals surface area contributed by atoms with Gasteiger partial charge in [-0.3, -0.25) is 0 Å². The van der Waals surface area contributed by atoms with Crippen molar-refractivity contribution in [3.05, 3.63) is 11.6 Å². The molecule has 112 valence electrons. The molecule has 0 saturated heterocycles. The second kappa shape index (κ2) is 7.52. The summed E-state index contributed by atoms with van der Waals surface area (Å²) in [7, 11) is 1.97. The molecule has 0 spiro atoms. The first-order chi connectivity index (χ1) is 9.70. The summed E-state index contributed by atoms with van der Waals surface area (Å²) in [6.45, 7) is 3.46. The molecular weight excluding hydrogens is 272 g/mol. The molecule has 1 aromatic heterocycles. The first kappa shape index (κ1) is 15.2. The number of aryl methyl sites for hydroxylation is 1. The minimum Gasteiger partial charge on any atom is -0.356 e. The highest BCUT2D eigenvalue weighted by Gasteiger charge is 2.22. The van der Waals surface area contributed by atoms with Crippen LogP contribution in [0.15, 0.2) is 4.99 Å². The van der Waals surface area contributed by atoms with Crippen LogP contribution in [-0.2, 0) is 13.6 Å². The van der Waals surface area contributed by atoms with Crippen LogP contribution in [0.5, 0.6) is 0 Å². The Morgan fingerprint density at radius 3 is 2.85 bits per heavy atom. The topological polar surface area (TPSA) is 67.1 Å². The summed E-state index contributed by atoms with van der Waals surface area (Å²) in [4.78, 5) is 4.61. The summed E-state index contributed by atoms with van der Waals surface area (Å²) >= 11 is 1.87. The number of nitrogens with zero attached hydrogens (tertiary/aromatic N) is 4. The fraction of sp³-hybridized carbons (Fsp3) is 0.769. The highest BCUT2D eigenvalue weighted by molar-refractivity contribution is 7.98. The SMILES string of the molecule is CSCCCNC(=NCc1nnc(C)n1C)NC1CC1. The van der Waals surface area contributed by atoms with Crippen molar-refractivity contribution >= 4 is 17.7 Å². The molecule has 2 N–H and O–H groups in total. The maximum atomic E-state index is 4.61. The van der Waals surface area contributed by atoms with E-state index >= 15 is 0 Å². The van der Waals surface area contributed by atoms with Crippen molar-refractivity contribution in [1.82, 2.24) is 25.4 Å². The summed E-state index contributed by atoms with van der Waals surface area (Å²) in [5.74, 6) is 3.88. The molecule has 0 unspecified atom stereocenters. The third-order valence-corrected chi connectivity index (χ3v) is 3.99. The van der Waals surface area contributed by atoms with Crippen LogP contribution in [0.25, 0.3) is 0 Å². The van der Waals surface area contributed by atoms with Crippen LogP contribution in [0.3, 0.4) is 0 Å². The molecule has 1 aliphatic rings. The van der Waals surface area contributed by atoms with Crippen molar-refractivity contribution in [3.63, 3.8) is 0 Å². The van der Waals surface area contributed by atoms with Gasteiger partial charge in [-0.2, -0.15) is 11.8 Å². The molecule has 0 aromatic carbocycles. The van der Waals surface area contributed by atoms with E-state index in [-0.39, 0.29) is 0 Å². The second-order valence-corrected chi connectivity index (χ2v) is 6.06. The molecular formula is C13H24N6S. The van der Waals surface area contributed by atoms with Crippen LogP contribution in [0.4, 0.5) is 0 Å². The van der Waals surface area contributed by atoms with Gasteiger partial charge in [0.05, 0.1) is 0 Å². The Hall–Kier alpha value is -1.24. The van der Waals surface area contributed by atoms with E-state index in [1.54, 1.807) is 0 Å². The summed E-state index contributed by atoms with van der Waals surface area (Å²) < 4.78 is 1.98. The highest BCUT2D eigenvalue weighted by Crippen LogP contribution is 2.18. The first-order valence-corrected chi connectivity index (χ1v) is 8.48. The number of aromatic nitrogens is 3. The van der Waals surface area contributed by atoms with Gasteiger partial charge in [-0.05, 0) is 38.2 Å². The molecule has 0 aliphatic heterocycles. The van der Waals surface area contributed by atoms with Crippen molar-refractivity contribution in [2.45, 2.75) is 38.8 Å². The molecule has 1 fully saturated rings. The largest absolute Gasteiger partial charge is 0.356 e. The van der Waals surface area contributed by atoms with Gasteiger partial charge < -0.3 is 15.2 Å². The van der Waals surface area contributed by atoms with Gasteiger partial charge in [-0.15, -0.1) is 10.2 Å². The van der Waals surface area contributed by atoms with Crippen molar-refractivity contribution in [2.75, 3.05) is 18.6 Å². The third-order valence-electron chi connectivity index (χ3n) is 3.30. The standard InChI is InChI=1S/C13H24N6S/c1-10-17-18-12(19(10)2)9-15-13(16-11-5-6-11)14-7-4-8-20-3/h11H,4-9H2,1-3H3,(H2,14,15,16). The fourth-order valence-corrected chi connectivity index (χ4v) is 2.17. The lowest BCUT2D eigenvalue weighted by Crippen LogP contribution is -2.39. The predicted molar refractivity (Wildman–Crippen MR) is 84.0 cm³/mol. The Balaban J connectivity index is 1.87. The molecule has 1 aliphatic carbocycles. The van der Waals surface area contributed by atoms with E-state index in [4.69, 9.17) is 0 Å². The van der Waals surface area contributed by atoms with Gasteiger partial charge in [-0.1, -0.05) is 0 Å². The van der Waals surface area contributed by atoms with E-state index in [2.05, 4.69) is 32.1 Å². The van der Waals surface area contributed by atoms with Gasteiger partial charge in [-0.25, -0.2) is 4.99 Å². The van der Waals surface area contributed by atoms with Crippen molar-refractivity contribution in [2.24, 2.45) is 12.0 Å². The molecule has 0 amide bonds. The number of aliphatic imine (C=N–C) groups is 1. The summed E-state index contributed by atoms with van der Waals surface area (Å²) in [6, 6.07) is 0.600. The second-order valence-electron chi connectivity index (χ2n) is 5.08. The van der Waals surface area contributed by atoms with Crippen LogP contribution in [0.1, 0.15) is 30.9 Å². The zero-order valence-corrected chi connectivity index (χ0v) is 13.3. The number of rotatable bonds is 7. The maximum absolute atomic E-state index is 4.61. The predicted octanol–water partition coefficient (Wildman–Crippen LogP) is 1.07. The average molecular weight is 296 g/mol. The van der Waals surface area contributed by atoms with Crippen LogP contribution >= 0.6 is 11.8 Å². The van der Waals surface area contributed by atoms with Gasteiger partial charge in [0.1, 0.15) is 12.4 Å². The van der Waals surface area contributed by atoms with Gasteiger partial charge in [0.15, 0.2) is 11.8 Å². The molecule has 0 radical (unpaired) electrons. The third kappa shape index (κ3) is 4.70. The molecule has 2 rings (SSSR count). The van der Waals surface area contributed by atoms with Crippen LogP contribution in [-0.4, -0.2) is 45.3 Å². The van der Waals surface area contributed by atoms with Crippen molar-refractivity contribution < 1.29 is 0 Å². The number of hydrogen-bond donors (Lipinski definition) is 2. The Bertz CT molecular complexity index is 452. The molecule has 1 aromatic rings. The van der Waals surface area contributed by atoms with Crippen LogP contribution < -0.4 is 10.6 Å². The molecule has 7 heteroatoms. The van der Waals surface area contributed by atoms with Crippen LogP contribution in [0.2, 0.25) is 0 Å². The lowest BCUT2D eigenvalue weighted by Gasteiger charge is -2.11. The number of hydrogen-bond acceptors (Lipinski definition) is 4. The molecule has 1 saturated carbocycles. The summed E-state index contributed by atoms with van der Waals surface area (Å²) in [5.41, 5.74) is 0. The van der Waals surface area contributed by atoms with Gasteiger partial charge in [0.2, 0.25) is 0 Å². The average Bonchev–Trinajstić information content (AvgIpc) is 3.20. The van der Waals surface area contributed by atoms with Gasteiger partial charge in [0, 0.05) is 19.6 Å². The van der Waals surface area contributed by atoms with E-state index in [0.29, 0.717) is 12.6 Å². The van der Waals surface area contributed by atoms with Crippen molar-refractivity contribution in [1.29, 1.82) is 0 Å². The smallest absolute Gasteiger partial charge is 0.191 e. The molecule has 0 atom stereocenters. The summed E-state index contributed by atoms with van der Waals surface area (Å²) in [6.07, 6.45) is 5.77. The first-order valence-electron chi connectivity index (χ1n) is 7.09. The van der Waals surface area contributed by atoms with E-state index in [9.17, 15) is 0 Å². The van der Waals surface area contributed by atoms with Gasteiger partial charge in [0.25, 0.3) is 0 Å². The lowest BCUT2D eigenvalue weighted by molar-refractivity contribution is 0.744. The van der Waals surface area contributed by atoms with E-state index in [1.807, 2.05) is 30.3 Å². The van der Waals surface area contributed by atoms with Crippen molar-refractivity contribution in [3.8, 4) is 0 Å². The fourth-order valence-electron chi connectivity index (χ4n) is 1.74. The highest BCUT2D eigenvalue weighted by atomic mass is 32.2. The monoisotopic (exact) mass is 296 g/mol. The molecule has 0 bridgehead atoms. The minimum absolute atomic E-state index is 0.557.